The van der Waals surface area contributed by atoms with Crippen LogP contribution in [-0.2, 0) is 26.2 Å². The molecule has 0 aliphatic carbocycles. The summed E-state index contributed by atoms with van der Waals surface area (Å²) in [4.78, 5) is 29.1. The number of nitrogens with one attached hydrogen (secondary N) is 1. The molecule has 3 aromatic carbocycles. The molecule has 11 nitrogen and oxygen atoms in total. The number of anilines is 1. The standard InChI is InChI=1S/C33H41Cl2N3O8S/c1-7-9-17-36-33(40)27(8-2)37(20-24-25(34)11-10-12-26(24)35)32(39)21-38(28-18-22(43-3)13-15-29(28)44-4)47(41,42)23-14-16-30(45-5)31(19-23)46-6/h10-16,18-19,27H,7-9,17,20-21H2,1-6H3,(H,36,40). The van der Waals surface area contributed by atoms with Gasteiger partial charge in [0, 0.05) is 40.8 Å². The monoisotopic (exact) mass is 709 g/mol. The van der Waals surface area contributed by atoms with E-state index in [1.807, 2.05) is 6.92 Å². The average Bonchev–Trinajstić information content (AvgIpc) is 3.07. The minimum absolute atomic E-state index is 0.0335. The lowest BCUT2D eigenvalue weighted by atomic mass is 10.1. The van der Waals surface area contributed by atoms with E-state index < -0.39 is 28.5 Å². The summed E-state index contributed by atoms with van der Waals surface area (Å²) in [7, 11) is 1.13. The third-order valence-corrected chi connectivity index (χ3v) is 9.95. The predicted octanol–water partition coefficient (Wildman–Crippen LogP) is 5.95. The lowest BCUT2D eigenvalue weighted by Gasteiger charge is -2.34. The van der Waals surface area contributed by atoms with E-state index in [0.29, 0.717) is 33.7 Å². The highest BCUT2D eigenvalue weighted by Gasteiger charge is 2.36. The van der Waals surface area contributed by atoms with Crippen molar-refractivity contribution in [1.29, 1.82) is 0 Å². The summed E-state index contributed by atoms with van der Waals surface area (Å²) in [5.41, 5.74) is 0.448. The van der Waals surface area contributed by atoms with E-state index in [2.05, 4.69) is 5.32 Å². The van der Waals surface area contributed by atoms with Crippen molar-refractivity contribution in [3.63, 3.8) is 0 Å². The number of halogens is 2. The quantitative estimate of drug-likeness (QED) is 0.171. The zero-order valence-electron chi connectivity index (χ0n) is 27.3. The van der Waals surface area contributed by atoms with Crippen molar-refractivity contribution in [2.24, 2.45) is 0 Å². The third kappa shape index (κ3) is 8.94. The smallest absolute Gasteiger partial charge is 0.265 e. The molecule has 3 aromatic rings. The minimum atomic E-state index is -4.50. The van der Waals surface area contributed by atoms with Gasteiger partial charge in [-0.2, -0.15) is 0 Å². The molecule has 3 rings (SSSR count). The molecular formula is C33H41Cl2N3O8S. The number of ether oxygens (including phenoxy) is 4. The van der Waals surface area contributed by atoms with Gasteiger partial charge in [0.1, 0.15) is 24.1 Å². The van der Waals surface area contributed by atoms with Crippen LogP contribution in [-0.4, -0.2) is 72.7 Å². The van der Waals surface area contributed by atoms with E-state index in [1.165, 1.54) is 63.7 Å². The fourth-order valence-electron chi connectivity index (χ4n) is 4.89. The Hall–Kier alpha value is -3.87. The predicted molar refractivity (Wildman–Crippen MR) is 183 cm³/mol. The van der Waals surface area contributed by atoms with Crippen molar-refractivity contribution >= 4 is 50.7 Å². The maximum atomic E-state index is 14.5. The molecule has 0 saturated heterocycles. The molecule has 0 radical (unpaired) electrons. The first-order chi connectivity index (χ1) is 22.5. The van der Waals surface area contributed by atoms with Crippen LogP contribution in [0.5, 0.6) is 23.0 Å². The first kappa shape index (κ1) is 37.6. The molecule has 0 fully saturated rings. The Bertz CT molecular complexity index is 1630. The molecule has 0 aliphatic heterocycles. The highest BCUT2D eigenvalue weighted by Crippen LogP contribution is 2.38. The third-order valence-electron chi connectivity index (χ3n) is 7.48. The molecule has 47 heavy (non-hydrogen) atoms. The normalized spacial score (nSPS) is 11.7. The Balaban J connectivity index is 2.21. The van der Waals surface area contributed by atoms with Gasteiger partial charge in [-0.3, -0.25) is 13.9 Å². The number of rotatable bonds is 17. The highest BCUT2D eigenvalue weighted by atomic mass is 35.5. The summed E-state index contributed by atoms with van der Waals surface area (Å²) in [5, 5.41) is 3.47. The van der Waals surface area contributed by atoms with Gasteiger partial charge in [-0.1, -0.05) is 49.5 Å². The Morgan fingerprint density at radius 1 is 0.851 bits per heavy atom. The van der Waals surface area contributed by atoms with Crippen LogP contribution in [0.1, 0.15) is 38.7 Å². The van der Waals surface area contributed by atoms with E-state index in [-0.39, 0.29) is 41.0 Å². The number of benzene rings is 3. The Kier molecular flexibility index (Phi) is 13.9. The van der Waals surface area contributed by atoms with Crippen LogP contribution in [0.3, 0.4) is 0 Å². The molecule has 1 N–H and O–H groups in total. The Labute approximate surface area is 286 Å². The summed E-state index contributed by atoms with van der Waals surface area (Å²) >= 11 is 13.0. The second-order valence-electron chi connectivity index (χ2n) is 10.4. The largest absolute Gasteiger partial charge is 0.497 e. The molecule has 1 atom stereocenters. The van der Waals surface area contributed by atoms with Crippen LogP contribution in [0.4, 0.5) is 5.69 Å². The summed E-state index contributed by atoms with van der Waals surface area (Å²) in [5.74, 6) is -0.106. The summed E-state index contributed by atoms with van der Waals surface area (Å²) in [6.07, 6.45) is 1.84. The zero-order valence-corrected chi connectivity index (χ0v) is 29.7. The minimum Gasteiger partial charge on any atom is -0.497 e. The van der Waals surface area contributed by atoms with Gasteiger partial charge >= 0.3 is 0 Å². The molecule has 0 bridgehead atoms. The number of hydrogen-bond donors (Lipinski definition) is 1. The number of amides is 2. The summed E-state index contributed by atoms with van der Waals surface area (Å²) in [6.45, 7) is 3.31. The average molecular weight is 711 g/mol. The molecule has 2 amide bonds. The topological polar surface area (TPSA) is 124 Å². The lowest BCUT2D eigenvalue weighted by Crippen LogP contribution is -2.52. The fourth-order valence-corrected chi connectivity index (χ4v) is 6.84. The number of methoxy groups -OCH3 is 4. The number of carbonyl (C=O) groups is 2. The molecular weight excluding hydrogens is 669 g/mol. The SMILES string of the molecule is CCCCNC(=O)C(CC)N(Cc1c(Cl)cccc1Cl)C(=O)CN(c1cc(OC)ccc1OC)S(=O)(=O)c1ccc(OC)c(OC)c1. The van der Waals surface area contributed by atoms with Crippen LogP contribution in [0, 0.1) is 0 Å². The van der Waals surface area contributed by atoms with E-state index in [9.17, 15) is 18.0 Å². The van der Waals surface area contributed by atoms with Crippen molar-refractivity contribution < 1.29 is 37.0 Å². The second-order valence-corrected chi connectivity index (χ2v) is 13.0. The van der Waals surface area contributed by atoms with E-state index >= 15 is 0 Å². The number of hydrogen-bond acceptors (Lipinski definition) is 8. The number of unbranched alkanes of at least 4 members (excludes halogenated alkanes) is 1. The van der Waals surface area contributed by atoms with Crippen molar-refractivity contribution in [2.45, 2.75) is 50.6 Å². The molecule has 0 aromatic heterocycles. The van der Waals surface area contributed by atoms with Gasteiger partial charge in [0.2, 0.25) is 11.8 Å². The lowest BCUT2D eigenvalue weighted by molar-refractivity contribution is -0.140. The maximum Gasteiger partial charge on any atom is 0.265 e. The fraction of sp³-hybridized carbons (Fsp3) is 0.394. The number of carbonyl (C=O) groups excluding carboxylic acids is 2. The van der Waals surface area contributed by atoms with Gasteiger partial charge < -0.3 is 29.2 Å². The van der Waals surface area contributed by atoms with Crippen LogP contribution in [0.15, 0.2) is 59.5 Å². The first-order valence-corrected chi connectivity index (χ1v) is 17.1. The first-order valence-electron chi connectivity index (χ1n) is 14.9. The molecule has 0 spiro atoms. The van der Waals surface area contributed by atoms with Gasteiger partial charge in [-0.05, 0) is 49.2 Å². The van der Waals surface area contributed by atoms with E-state index in [1.54, 1.807) is 31.2 Å². The van der Waals surface area contributed by atoms with Crippen molar-refractivity contribution in [1.82, 2.24) is 10.2 Å². The second kappa shape index (κ2) is 17.3. The summed E-state index contributed by atoms with van der Waals surface area (Å²) < 4.78 is 51.5. The van der Waals surface area contributed by atoms with Gasteiger partial charge in [-0.15, -0.1) is 0 Å². The molecule has 14 heteroatoms. The van der Waals surface area contributed by atoms with E-state index in [0.717, 1.165) is 17.1 Å². The summed E-state index contributed by atoms with van der Waals surface area (Å²) in [6, 6.07) is 12.6. The number of sulfonamides is 1. The maximum absolute atomic E-state index is 14.5. The van der Waals surface area contributed by atoms with Crippen LogP contribution in [0.2, 0.25) is 10.0 Å². The van der Waals surface area contributed by atoms with Gasteiger partial charge in [-0.25, -0.2) is 8.42 Å². The van der Waals surface area contributed by atoms with Gasteiger partial charge in [0.05, 0.1) is 39.0 Å². The molecule has 256 valence electrons. The number of nitrogens with zero attached hydrogens (tertiary/aromatic N) is 2. The van der Waals surface area contributed by atoms with Gasteiger partial charge in [0.15, 0.2) is 11.5 Å². The van der Waals surface area contributed by atoms with Crippen LogP contribution in [0.25, 0.3) is 0 Å². The van der Waals surface area contributed by atoms with Crippen LogP contribution < -0.4 is 28.6 Å². The highest BCUT2D eigenvalue weighted by molar-refractivity contribution is 7.92. The molecule has 0 heterocycles. The molecule has 0 saturated carbocycles. The Morgan fingerprint density at radius 3 is 2.06 bits per heavy atom. The Morgan fingerprint density at radius 2 is 1.49 bits per heavy atom. The van der Waals surface area contributed by atoms with Crippen molar-refractivity contribution in [3.05, 3.63) is 70.2 Å². The van der Waals surface area contributed by atoms with E-state index in [4.69, 9.17) is 42.1 Å². The van der Waals surface area contributed by atoms with Crippen LogP contribution >= 0.6 is 23.2 Å². The molecule has 1 unspecified atom stereocenters. The zero-order chi connectivity index (χ0) is 34.7. The molecule has 0 aliphatic rings. The van der Waals surface area contributed by atoms with Crippen molar-refractivity contribution in [2.75, 3.05) is 45.8 Å². The van der Waals surface area contributed by atoms with Gasteiger partial charge in [0.25, 0.3) is 10.0 Å². The van der Waals surface area contributed by atoms with Crippen molar-refractivity contribution in [3.8, 4) is 23.0 Å².